The lowest BCUT2D eigenvalue weighted by molar-refractivity contribution is 0.507. The number of rotatable bonds is 4. The van der Waals surface area contributed by atoms with Gasteiger partial charge >= 0.3 is 0 Å². The monoisotopic (exact) mass is 284 g/mol. The quantitative estimate of drug-likeness (QED) is 0.756. The molecule has 2 heteroatoms. The van der Waals surface area contributed by atoms with E-state index in [-0.39, 0.29) is 0 Å². The van der Waals surface area contributed by atoms with Crippen LogP contribution in [0.15, 0.2) is 12.1 Å². The fourth-order valence-electron chi connectivity index (χ4n) is 3.05. The molecule has 0 spiro atoms. The molecule has 0 aliphatic heterocycles. The van der Waals surface area contributed by atoms with Crippen LogP contribution in [0.25, 0.3) is 11.1 Å². The molecule has 0 aliphatic carbocycles. The van der Waals surface area contributed by atoms with Gasteiger partial charge in [0.05, 0.1) is 5.69 Å². The molecule has 0 amide bonds. The summed E-state index contributed by atoms with van der Waals surface area (Å²) in [6, 6.07) is 5.05. The summed E-state index contributed by atoms with van der Waals surface area (Å²) in [5, 5.41) is 4.87. The van der Waals surface area contributed by atoms with Crippen LogP contribution in [0, 0.1) is 20.8 Å². The Kier molecular flexibility index (Phi) is 4.55. The van der Waals surface area contributed by atoms with E-state index in [1.165, 1.54) is 39.2 Å². The Morgan fingerprint density at radius 3 is 2.00 bits per heavy atom. The summed E-state index contributed by atoms with van der Waals surface area (Å²) < 4.78 is 2.21. The van der Waals surface area contributed by atoms with E-state index in [0.29, 0.717) is 6.04 Å². The van der Waals surface area contributed by atoms with Crippen molar-refractivity contribution in [2.75, 3.05) is 0 Å². The summed E-state index contributed by atoms with van der Waals surface area (Å²) in [7, 11) is 0. The summed E-state index contributed by atoms with van der Waals surface area (Å²) in [6.45, 7) is 15.5. The van der Waals surface area contributed by atoms with Gasteiger partial charge in [0.1, 0.15) is 0 Å². The Morgan fingerprint density at radius 2 is 1.57 bits per heavy atom. The first-order valence-corrected chi connectivity index (χ1v) is 8.09. The van der Waals surface area contributed by atoms with Crippen molar-refractivity contribution in [3.63, 3.8) is 0 Å². The van der Waals surface area contributed by atoms with Crippen LogP contribution in [0.2, 0.25) is 0 Å². The topological polar surface area (TPSA) is 17.8 Å². The average Bonchev–Trinajstić information content (AvgIpc) is 2.82. The van der Waals surface area contributed by atoms with Crippen molar-refractivity contribution in [1.29, 1.82) is 0 Å². The lowest BCUT2D eigenvalue weighted by Gasteiger charge is -2.13. The highest BCUT2D eigenvalue weighted by Gasteiger charge is 2.19. The van der Waals surface area contributed by atoms with Gasteiger partial charge < -0.3 is 0 Å². The van der Waals surface area contributed by atoms with Crippen molar-refractivity contribution in [1.82, 2.24) is 9.78 Å². The molecule has 1 heterocycles. The number of benzene rings is 1. The molecule has 1 aromatic heterocycles. The minimum atomic E-state index is 0.409. The van der Waals surface area contributed by atoms with Gasteiger partial charge in [-0.15, -0.1) is 0 Å². The molecular weight excluding hydrogens is 256 g/mol. The second-order valence-electron chi connectivity index (χ2n) is 6.25. The first kappa shape index (κ1) is 15.8. The molecule has 0 saturated heterocycles. The van der Waals surface area contributed by atoms with E-state index in [9.17, 15) is 0 Å². The SMILES string of the molecule is CCc1nn(C(C)C)c(CC)c1-c1cc(C)c(C)c(C)c1. The van der Waals surface area contributed by atoms with E-state index in [1.807, 2.05) is 0 Å². The minimum Gasteiger partial charge on any atom is -0.266 e. The van der Waals surface area contributed by atoms with Crippen molar-refractivity contribution in [3.05, 3.63) is 40.2 Å². The molecule has 1 aromatic carbocycles. The summed E-state index contributed by atoms with van der Waals surface area (Å²) in [5.41, 5.74) is 9.41. The minimum absolute atomic E-state index is 0.409. The molecule has 0 fully saturated rings. The zero-order valence-electron chi connectivity index (χ0n) is 14.5. The van der Waals surface area contributed by atoms with Crippen molar-refractivity contribution in [2.45, 2.75) is 67.3 Å². The highest BCUT2D eigenvalue weighted by atomic mass is 15.3. The fourth-order valence-corrected chi connectivity index (χ4v) is 3.05. The van der Waals surface area contributed by atoms with Gasteiger partial charge in [-0.05, 0) is 69.7 Å². The molecule has 2 nitrogen and oxygen atoms in total. The third-order valence-corrected chi connectivity index (χ3v) is 4.46. The van der Waals surface area contributed by atoms with Crippen molar-refractivity contribution in [2.24, 2.45) is 0 Å². The third-order valence-electron chi connectivity index (χ3n) is 4.46. The maximum Gasteiger partial charge on any atom is 0.0703 e. The van der Waals surface area contributed by atoms with Crippen LogP contribution in [0.3, 0.4) is 0 Å². The standard InChI is InChI=1S/C19H28N2/c1-8-17-19(18(9-2)21(20-17)12(3)4)16-10-13(5)15(7)14(6)11-16/h10-12H,8-9H2,1-7H3. The third kappa shape index (κ3) is 2.76. The number of hydrogen-bond acceptors (Lipinski definition) is 1. The van der Waals surface area contributed by atoms with Gasteiger partial charge in [-0.1, -0.05) is 26.0 Å². The lowest BCUT2D eigenvalue weighted by atomic mass is 9.94. The molecule has 0 atom stereocenters. The molecule has 0 bridgehead atoms. The molecular formula is C19H28N2. The molecule has 0 unspecified atom stereocenters. The maximum absolute atomic E-state index is 4.87. The number of nitrogens with zero attached hydrogens (tertiary/aromatic N) is 2. The summed E-state index contributed by atoms with van der Waals surface area (Å²) >= 11 is 0. The fraction of sp³-hybridized carbons (Fsp3) is 0.526. The molecule has 21 heavy (non-hydrogen) atoms. The van der Waals surface area contributed by atoms with Crippen LogP contribution in [0.1, 0.15) is 61.8 Å². The van der Waals surface area contributed by atoms with Crippen molar-refractivity contribution in [3.8, 4) is 11.1 Å². The lowest BCUT2D eigenvalue weighted by Crippen LogP contribution is -2.07. The maximum atomic E-state index is 4.87. The van der Waals surface area contributed by atoms with Crippen LogP contribution in [-0.4, -0.2) is 9.78 Å². The smallest absolute Gasteiger partial charge is 0.0703 e. The molecule has 0 radical (unpaired) electrons. The highest BCUT2D eigenvalue weighted by Crippen LogP contribution is 2.32. The van der Waals surface area contributed by atoms with E-state index in [0.717, 1.165) is 12.8 Å². The summed E-state index contributed by atoms with van der Waals surface area (Å²) in [6.07, 6.45) is 2.00. The van der Waals surface area contributed by atoms with Crippen LogP contribution in [0.5, 0.6) is 0 Å². The van der Waals surface area contributed by atoms with Crippen LogP contribution in [-0.2, 0) is 12.8 Å². The second-order valence-corrected chi connectivity index (χ2v) is 6.25. The van der Waals surface area contributed by atoms with Crippen molar-refractivity contribution < 1.29 is 0 Å². The van der Waals surface area contributed by atoms with Gasteiger partial charge in [-0.2, -0.15) is 5.10 Å². The first-order chi connectivity index (χ1) is 9.90. The first-order valence-electron chi connectivity index (χ1n) is 8.09. The van der Waals surface area contributed by atoms with E-state index >= 15 is 0 Å². The van der Waals surface area contributed by atoms with Crippen molar-refractivity contribution >= 4 is 0 Å². The zero-order chi connectivity index (χ0) is 15.7. The number of aryl methyl sites for hydroxylation is 3. The van der Waals surface area contributed by atoms with Gasteiger partial charge in [0.25, 0.3) is 0 Å². The largest absolute Gasteiger partial charge is 0.266 e. The van der Waals surface area contributed by atoms with Crippen LogP contribution >= 0.6 is 0 Å². The van der Waals surface area contributed by atoms with Gasteiger partial charge in [0, 0.05) is 17.3 Å². The molecule has 2 aromatic rings. The van der Waals surface area contributed by atoms with Crippen LogP contribution in [0.4, 0.5) is 0 Å². The van der Waals surface area contributed by atoms with E-state index in [1.54, 1.807) is 0 Å². The predicted molar refractivity (Wildman–Crippen MR) is 91.0 cm³/mol. The second kappa shape index (κ2) is 6.05. The number of hydrogen-bond donors (Lipinski definition) is 0. The van der Waals surface area contributed by atoms with Gasteiger partial charge in [0.2, 0.25) is 0 Å². The summed E-state index contributed by atoms with van der Waals surface area (Å²) in [4.78, 5) is 0. The van der Waals surface area contributed by atoms with Gasteiger partial charge in [-0.25, -0.2) is 0 Å². The Balaban J connectivity index is 2.73. The molecule has 114 valence electrons. The molecule has 0 N–H and O–H groups in total. The Hall–Kier alpha value is -1.57. The number of aromatic nitrogens is 2. The zero-order valence-corrected chi connectivity index (χ0v) is 14.5. The van der Waals surface area contributed by atoms with E-state index in [4.69, 9.17) is 5.10 Å². The summed E-state index contributed by atoms with van der Waals surface area (Å²) in [5.74, 6) is 0. The average molecular weight is 284 g/mol. The van der Waals surface area contributed by atoms with Gasteiger partial charge in [-0.3, -0.25) is 4.68 Å². The molecule has 0 saturated carbocycles. The molecule has 2 rings (SSSR count). The highest BCUT2D eigenvalue weighted by molar-refractivity contribution is 5.71. The van der Waals surface area contributed by atoms with E-state index < -0.39 is 0 Å². The van der Waals surface area contributed by atoms with Gasteiger partial charge in [0.15, 0.2) is 0 Å². The Labute approximate surface area is 129 Å². The van der Waals surface area contributed by atoms with E-state index in [2.05, 4.69) is 65.3 Å². The molecule has 0 aliphatic rings. The normalized spacial score (nSPS) is 11.4. The predicted octanol–water partition coefficient (Wildman–Crippen LogP) is 5.18. The van der Waals surface area contributed by atoms with Crippen LogP contribution < -0.4 is 0 Å². The Bertz CT molecular complexity index is 625. The Morgan fingerprint density at radius 1 is 1.00 bits per heavy atom.